The number of aromatic nitrogens is 3. The van der Waals surface area contributed by atoms with Crippen molar-refractivity contribution in [2.24, 2.45) is 0 Å². The summed E-state index contributed by atoms with van der Waals surface area (Å²) >= 11 is 0. The smallest absolute Gasteiger partial charge is 0.271 e. The summed E-state index contributed by atoms with van der Waals surface area (Å²) in [6.07, 6.45) is 10.8. The van der Waals surface area contributed by atoms with Crippen molar-refractivity contribution in [1.82, 2.24) is 19.9 Å². The number of carbonyl (C=O) groups is 1. The van der Waals surface area contributed by atoms with Gasteiger partial charge in [-0.05, 0) is 44.7 Å². The molecule has 0 atom stereocenters. The van der Waals surface area contributed by atoms with Gasteiger partial charge in [-0.25, -0.2) is 9.50 Å². The van der Waals surface area contributed by atoms with Gasteiger partial charge in [-0.2, -0.15) is 5.10 Å². The van der Waals surface area contributed by atoms with Crippen molar-refractivity contribution >= 4 is 11.6 Å². The first-order chi connectivity index (χ1) is 12.6. The van der Waals surface area contributed by atoms with Gasteiger partial charge in [0.15, 0.2) is 5.65 Å². The fourth-order valence-corrected chi connectivity index (χ4v) is 3.30. The lowest BCUT2D eigenvalue weighted by molar-refractivity contribution is 0.0920. The molecule has 3 rings (SSSR count). The van der Waals surface area contributed by atoms with E-state index >= 15 is 0 Å². The monoisotopic (exact) mass is 362 g/mol. The molecule has 2 N–H and O–H groups in total. The number of hydrogen-bond acceptors (Lipinski definition) is 4. The third-order valence-electron chi connectivity index (χ3n) is 4.71. The molecule has 0 spiro atoms. The molecule has 2 aromatic rings. The van der Waals surface area contributed by atoms with Gasteiger partial charge in [-0.3, -0.25) is 4.79 Å². The number of unbranched alkanes of at least 4 members (excludes halogenated alkanes) is 2. The van der Waals surface area contributed by atoms with E-state index in [1.807, 2.05) is 19.9 Å². The highest BCUT2D eigenvalue weighted by Gasteiger charge is 2.20. The fourth-order valence-electron chi connectivity index (χ4n) is 3.30. The van der Waals surface area contributed by atoms with Crippen LogP contribution < -0.4 is 5.32 Å². The molecule has 0 saturated heterocycles. The van der Waals surface area contributed by atoms with Gasteiger partial charge in [0.1, 0.15) is 5.69 Å². The lowest BCUT2D eigenvalue weighted by atomic mass is 9.95. The van der Waals surface area contributed by atoms with Gasteiger partial charge in [-0.15, -0.1) is 0 Å². The quantitative estimate of drug-likeness (QED) is 0.792. The summed E-state index contributed by atoms with van der Waals surface area (Å²) in [4.78, 5) is 16.7. The third kappa shape index (κ3) is 5.53. The van der Waals surface area contributed by atoms with Gasteiger partial charge < -0.3 is 10.4 Å². The molecule has 0 unspecified atom stereocenters. The van der Waals surface area contributed by atoms with Crippen molar-refractivity contribution in [3.05, 3.63) is 29.2 Å². The lowest BCUT2D eigenvalue weighted by Crippen LogP contribution is -2.36. The highest BCUT2D eigenvalue weighted by atomic mass is 16.2. The van der Waals surface area contributed by atoms with Crippen LogP contribution in [0.4, 0.5) is 0 Å². The second-order valence-corrected chi connectivity index (χ2v) is 7.09. The number of nitrogens with zero attached hydrogens (tertiary/aromatic N) is 3. The zero-order valence-corrected chi connectivity index (χ0v) is 16.3. The molecule has 1 saturated carbocycles. The summed E-state index contributed by atoms with van der Waals surface area (Å²) < 4.78 is 1.66. The molecule has 0 radical (unpaired) electrons. The maximum atomic E-state index is 12.4. The van der Waals surface area contributed by atoms with E-state index in [0.717, 1.165) is 42.6 Å². The number of carbonyl (C=O) groups excluding carboxylic acids is 1. The molecule has 26 heavy (non-hydrogen) atoms. The molecule has 146 valence electrons. The number of nitrogens with one attached hydrogen (secondary N) is 1. The number of fused-ring (bicyclic) bond motifs is 1. The molecule has 0 aromatic carbocycles. The summed E-state index contributed by atoms with van der Waals surface area (Å²) in [5.41, 5.74) is 3.20. The van der Waals surface area contributed by atoms with Crippen LogP contribution in [-0.4, -0.2) is 38.3 Å². The SMILES string of the molecule is CCCCCO.Cc1cc(C)c2ncc(C(=O)NC3CCCCC3)n2n1.[HH]. The molecule has 1 fully saturated rings. The Hall–Kier alpha value is -1.95. The molecule has 2 heterocycles. The predicted octanol–water partition coefficient (Wildman–Crippen LogP) is 3.82. The Morgan fingerprint density at radius 3 is 2.65 bits per heavy atom. The molecule has 0 bridgehead atoms. The van der Waals surface area contributed by atoms with Crippen molar-refractivity contribution in [2.45, 2.75) is 78.2 Å². The predicted molar refractivity (Wildman–Crippen MR) is 106 cm³/mol. The van der Waals surface area contributed by atoms with Crippen LogP contribution in [0.15, 0.2) is 12.3 Å². The highest BCUT2D eigenvalue weighted by molar-refractivity contribution is 5.93. The second kappa shape index (κ2) is 10.3. The number of aliphatic hydroxyl groups is 1. The molecule has 1 amide bonds. The minimum Gasteiger partial charge on any atom is -0.396 e. The number of aryl methyl sites for hydroxylation is 2. The van der Waals surface area contributed by atoms with Gasteiger partial charge in [0.2, 0.25) is 0 Å². The summed E-state index contributed by atoms with van der Waals surface area (Å²) in [6.45, 7) is 6.39. The average Bonchev–Trinajstić information content (AvgIpc) is 3.05. The maximum absolute atomic E-state index is 12.4. The summed E-state index contributed by atoms with van der Waals surface area (Å²) in [7, 11) is 0. The lowest BCUT2D eigenvalue weighted by Gasteiger charge is -2.22. The molecule has 1 aliphatic rings. The van der Waals surface area contributed by atoms with E-state index in [9.17, 15) is 4.79 Å². The van der Waals surface area contributed by atoms with Crippen molar-refractivity contribution in [2.75, 3.05) is 6.61 Å². The van der Waals surface area contributed by atoms with Crippen LogP contribution in [-0.2, 0) is 0 Å². The number of amides is 1. The first kappa shape index (κ1) is 20.4. The van der Waals surface area contributed by atoms with Gasteiger partial charge in [0.25, 0.3) is 5.91 Å². The standard InChI is InChI=1S/C15H20N4O.C5H12O.H2/c1-10-8-11(2)18-19-13(9-16-14(10)19)15(20)17-12-6-4-3-5-7-12;1-2-3-4-5-6;/h8-9,12H,3-7H2,1-2H3,(H,17,20);6H,2-5H2,1H3;1H. The van der Waals surface area contributed by atoms with Gasteiger partial charge in [0, 0.05) is 14.1 Å². The Labute approximate surface area is 157 Å². The van der Waals surface area contributed by atoms with Crippen LogP contribution >= 0.6 is 0 Å². The first-order valence-electron chi connectivity index (χ1n) is 9.80. The fraction of sp³-hybridized carbons (Fsp3) is 0.650. The summed E-state index contributed by atoms with van der Waals surface area (Å²) in [5.74, 6) is -0.0677. The Morgan fingerprint density at radius 1 is 1.31 bits per heavy atom. The van der Waals surface area contributed by atoms with E-state index in [2.05, 4.69) is 22.3 Å². The zero-order valence-electron chi connectivity index (χ0n) is 16.3. The minimum absolute atomic E-state index is 0. The van der Waals surface area contributed by atoms with Crippen molar-refractivity contribution in [3.63, 3.8) is 0 Å². The van der Waals surface area contributed by atoms with Crippen molar-refractivity contribution in [3.8, 4) is 0 Å². The number of imidazole rings is 1. The van der Waals surface area contributed by atoms with Crippen LogP contribution in [0.25, 0.3) is 5.65 Å². The van der Waals surface area contributed by atoms with Crippen molar-refractivity contribution in [1.29, 1.82) is 0 Å². The Bertz CT molecular complexity index is 707. The van der Waals surface area contributed by atoms with Crippen LogP contribution in [0.2, 0.25) is 0 Å². The molecular formula is C20H34N4O2. The summed E-state index contributed by atoms with van der Waals surface area (Å²) in [5, 5.41) is 15.7. The molecule has 1 aliphatic carbocycles. The second-order valence-electron chi connectivity index (χ2n) is 7.09. The molecule has 6 heteroatoms. The normalized spacial score (nSPS) is 14.8. The minimum atomic E-state index is -0.0677. The first-order valence-corrected chi connectivity index (χ1v) is 9.80. The maximum Gasteiger partial charge on any atom is 0.271 e. The molecule has 0 aliphatic heterocycles. The van der Waals surface area contributed by atoms with Crippen LogP contribution in [0.1, 0.15) is 81.5 Å². The van der Waals surface area contributed by atoms with Crippen molar-refractivity contribution < 1.29 is 11.3 Å². The van der Waals surface area contributed by atoms with E-state index in [4.69, 9.17) is 5.11 Å². The van der Waals surface area contributed by atoms with E-state index in [1.54, 1.807) is 10.7 Å². The van der Waals surface area contributed by atoms with E-state index in [0.29, 0.717) is 18.3 Å². The Kier molecular flexibility index (Phi) is 8.04. The number of aliphatic hydroxyl groups excluding tert-OH is 1. The largest absolute Gasteiger partial charge is 0.396 e. The summed E-state index contributed by atoms with van der Waals surface area (Å²) in [6, 6.07) is 2.28. The van der Waals surface area contributed by atoms with E-state index in [-0.39, 0.29) is 7.33 Å². The van der Waals surface area contributed by atoms with E-state index < -0.39 is 0 Å². The van der Waals surface area contributed by atoms with Gasteiger partial charge in [-0.1, -0.05) is 39.0 Å². The topological polar surface area (TPSA) is 79.5 Å². The van der Waals surface area contributed by atoms with Crippen LogP contribution in [0.5, 0.6) is 0 Å². The van der Waals surface area contributed by atoms with Crippen LogP contribution in [0, 0.1) is 13.8 Å². The number of hydrogen-bond donors (Lipinski definition) is 2. The zero-order chi connectivity index (χ0) is 18.9. The average molecular weight is 363 g/mol. The Balaban J connectivity index is 0.000000456. The van der Waals surface area contributed by atoms with Gasteiger partial charge >= 0.3 is 0 Å². The number of rotatable bonds is 5. The molecule has 6 nitrogen and oxygen atoms in total. The highest BCUT2D eigenvalue weighted by Crippen LogP contribution is 2.18. The third-order valence-corrected chi connectivity index (χ3v) is 4.71. The van der Waals surface area contributed by atoms with E-state index in [1.165, 1.54) is 25.7 Å². The van der Waals surface area contributed by atoms with Gasteiger partial charge in [0.05, 0.1) is 11.9 Å². The molecular weight excluding hydrogens is 328 g/mol. The Morgan fingerprint density at radius 2 is 2.04 bits per heavy atom. The molecule has 2 aromatic heterocycles. The van der Waals surface area contributed by atoms with Crippen LogP contribution in [0.3, 0.4) is 0 Å².